The molecule has 2 saturated heterocycles. The van der Waals surface area contributed by atoms with Gasteiger partial charge in [0.05, 0.1) is 42.7 Å². The standard InChI is InChI=1S/C57H82N8O10/c1-9-36(4)52(63(6)57(73)50(35(2)3)62-56(72)51-40-23-26-42(32-40)59-51)45(74-7)33-49(69)64-30-16-19-44(64)53(75-8)37(5)54(70)61-43(31-38-17-12-10-13-18-38)55(71)60-41-24-21-39(22-25-41)34-58-46(66)20-14-11-15-29-65-47(67)27-28-48(65)68/h10,12-13,17-18,21-22,24-25,27-28,35-37,40,42-45,50-53,59H,9,11,14-16,19-20,23,26,29-34H2,1-8H3,(H,58,66)(H,60,71)(H,61,70)(H,62,72)/t36-,37+,40-,42+,43?,44?,45+,50?,51-,52-,53+/m0/s1. The molecule has 3 unspecified atom stereocenters. The highest BCUT2D eigenvalue weighted by molar-refractivity contribution is 6.12. The van der Waals surface area contributed by atoms with Gasteiger partial charge in [0.15, 0.2) is 0 Å². The molecule has 11 atom stereocenters. The van der Waals surface area contributed by atoms with Crippen molar-refractivity contribution in [3.63, 3.8) is 0 Å². The number of methoxy groups -OCH3 is 2. The van der Waals surface area contributed by atoms with Gasteiger partial charge >= 0.3 is 0 Å². The minimum Gasteiger partial charge on any atom is -0.379 e. The summed E-state index contributed by atoms with van der Waals surface area (Å²) in [6.45, 7) is 10.7. The predicted molar refractivity (Wildman–Crippen MR) is 284 cm³/mol. The smallest absolute Gasteiger partial charge is 0.253 e. The molecule has 2 aromatic carbocycles. The van der Waals surface area contributed by atoms with Crippen LogP contribution in [0.15, 0.2) is 66.7 Å². The SMILES string of the molecule is CC[C@H](C)[C@@H]([C@@H](CC(=O)N1CCCC1[C@H](OC)[C@@H](C)C(=O)NC(Cc1ccccc1)C(=O)Nc1ccc(CNC(=O)CCCCCN2C(=O)C=CC2=O)cc1)OC)N(C)C(=O)C(NC(=O)[C@H]1N[C@@H]2CC[C@H]1C2)C(C)C. The van der Waals surface area contributed by atoms with Crippen LogP contribution in [-0.4, -0.2) is 145 Å². The molecule has 410 valence electrons. The van der Waals surface area contributed by atoms with Crippen LogP contribution >= 0.6 is 0 Å². The molecule has 0 spiro atoms. The number of anilines is 1. The van der Waals surface area contributed by atoms with Crippen LogP contribution in [0.1, 0.15) is 116 Å². The Hall–Kier alpha value is -5.98. The van der Waals surface area contributed by atoms with Crippen molar-refractivity contribution in [1.29, 1.82) is 0 Å². The van der Waals surface area contributed by atoms with Crippen molar-refractivity contribution in [2.24, 2.45) is 23.7 Å². The lowest BCUT2D eigenvalue weighted by Gasteiger charge is -2.41. The first-order chi connectivity index (χ1) is 35.9. The maximum Gasteiger partial charge on any atom is 0.253 e. The number of hydrogen-bond donors (Lipinski definition) is 5. The summed E-state index contributed by atoms with van der Waals surface area (Å²) in [4.78, 5) is 111. The number of imide groups is 1. The number of ether oxygens (including phenoxy) is 2. The van der Waals surface area contributed by atoms with Gasteiger partial charge in [-0.1, -0.05) is 89.9 Å². The van der Waals surface area contributed by atoms with E-state index in [1.807, 2.05) is 58.0 Å². The molecule has 1 saturated carbocycles. The molecule has 1 aliphatic carbocycles. The van der Waals surface area contributed by atoms with E-state index >= 15 is 0 Å². The summed E-state index contributed by atoms with van der Waals surface area (Å²) in [7, 11) is 4.81. The molecule has 0 radical (unpaired) electrons. The van der Waals surface area contributed by atoms with E-state index < -0.39 is 54.1 Å². The molecule has 8 amide bonds. The van der Waals surface area contributed by atoms with E-state index in [1.165, 1.54) is 24.2 Å². The van der Waals surface area contributed by atoms with E-state index in [0.717, 1.165) is 30.4 Å². The first-order valence-corrected chi connectivity index (χ1v) is 27.2. The molecule has 3 aliphatic heterocycles. The van der Waals surface area contributed by atoms with Crippen LogP contribution < -0.4 is 26.6 Å². The molecule has 3 fully saturated rings. The molecule has 18 heteroatoms. The van der Waals surface area contributed by atoms with Crippen LogP contribution in [0, 0.1) is 23.7 Å². The Kier molecular flexibility index (Phi) is 21.5. The quantitative estimate of drug-likeness (QED) is 0.0583. The monoisotopic (exact) mass is 1040 g/mol. The van der Waals surface area contributed by atoms with Crippen LogP contribution in [-0.2, 0) is 60.8 Å². The number of nitrogens with one attached hydrogen (secondary N) is 5. The van der Waals surface area contributed by atoms with E-state index in [2.05, 4.69) is 26.6 Å². The Bertz CT molecular complexity index is 2310. The van der Waals surface area contributed by atoms with Gasteiger partial charge in [-0.2, -0.15) is 0 Å². The minimum absolute atomic E-state index is 0.0198. The van der Waals surface area contributed by atoms with E-state index in [0.29, 0.717) is 69.8 Å². The third-order valence-electron chi connectivity index (χ3n) is 15.9. The maximum absolute atomic E-state index is 14.5. The summed E-state index contributed by atoms with van der Waals surface area (Å²) in [5.41, 5.74) is 2.17. The van der Waals surface area contributed by atoms with E-state index in [4.69, 9.17) is 9.47 Å². The van der Waals surface area contributed by atoms with Gasteiger partial charge in [-0.25, -0.2) is 0 Å². The lowest BCUT2D eigenvalue weighted by Crippen LogP contribution is -2.60. The lowest BCUT2D eigenvalue weighted by atomic mass is 9.89. The first-order valence-electron chi connectivity index (χ1n) is 27.2. The lowest BCUT2D eigenvalue weighted by molar-refractivity contribution is -0.148. The highest BCUT2D eigenvalue weighted by Crippen LogP contribution is 2.36. The van der Waals surface area contributed by atoms with Gasteiger partial charge in [-0.3, -0.25) is 43.3 Å². The summed E-state index contributed by atoms with van der Waals surface area (Å²) < 4.78 is 12.2. The molecular formula is C57H82N8O10. The molecule has 2 aromatic rings. The van der Waals surface area contributed by atoms with Crippen molar-refractivity contribution in [1.82, 2.24) is 36.0 Å². The highest BCUT2D eigenvalue weighted by atomic mass is 16.5. The van der Waals surface area contributed by atoms with Gasteiger partial charge in [-0.05, 0) is 86.0 Å². The second kappa shape index (κ2) is 27.7. The summed E-state index contributed by atoms with van der Waals surface area (Å²) in [6.07, 6.45) is 8.62. The maximum atomic E-state index is 14.5. The Morgan fingerprint density at radius 1 is 0.827 bits per heavy atom. The highest BCUT2D eigenvalue weighted by Gasteiger charge is 2.46. The minimum atomic E-state index is -0.967. The molecule has 75 heavy (non-hydrogen) atoms. The number of nitrogens with zero attached hydrogens (tertiary/aromatic N) is 3. The third-order valence-corrected chi connectivity index (χ3v) is 15.9. The number of fused-ring (bicyclic) bond motifs is 2. The number of unbranched alkanes of at least 4 members (excludes halogenated alkanes) is 2. The molecule has 2 bridgehead atoms. The van der Waals surface area contributed by atoms with Crippen molar-refractivity contribution >= 4 is 52.9 Å². The largest absolute Gasteiger partial charge is 0.379 e. The fourth-order valence-electron chi connectivity index (χ4n) is 11.4. The number of piperidine rings is 1. The molecule has 6 rings (SSSR count). The Labute approximate surface area is 443 Å². The van der Waals surface area contributed by atoms with Crippen LogP contribution in [0.2, 0.25) is 0 Å². The summed E-state index contributed by atoms with van der Waals surface area (Å²) in [5, 5.41) is 15.4. The molecule has 18 nitrogen and oxygen atoms in total. The van der Waals surface area contributed by atoms with Gasteiger partial charge in [0.1, 0.15) is 12.1 Å². The van der Waals surface area contributed by atoms with E-state index in [-0.39, 0.29) is 78.6 Å². The zero-order valence-electron chi connectivity index (χ0n) is 45.3. The van der Waals surface area contributed by atoms with Gasteiger partial charge in [-0.15, -0.1) is 0 Å². The van der Waals surface area contributed by atoms with Crippen LogP contribution in [0.5, 0.6) is 0 Å². The number of benzene rings is 2. The molecule has 3 heterocycles. The van der Waals surface area contributed by atoms with Crippen molar-refractivity contribution < 1.29 is 47.8 Å². The number of hydrogen-bond acceptors (Lipinski definition) is 11. The Balaban J connectivity index is 1.04. The summed E-state index contributed by atoms with van der Waals surface area (Å²) >= 11 is 0. The molecule has 5 N–H and O–H groups in total. The molecule has 4 aliphatic rings. The Morgan fingerprint density at radius 2 is 1.53 bits per heavy atom. The van der Waals surface area contributed by atoms with Crippen molar-refractivity contribution in [3.05, 3.63) is 77.9 Å². The number of carbonyl (C=O) groups is 8. The van der Waals surface area contributed by atoms with Crippen molar-refractivity contribution in [2.75, 3.05) is 39.7 Å². The zero-order chi connectivity index (χ0) is 54.3. The van der Waals surface area contributed by atoms with Crippen LogP contribution in [0.4, 0.5) is 5.69 Å². The topological polar surface area (TPSA) is 225 Å². The van der Waals surface area contributed by atoms with Gasteiger partial charge in [0.25, 0.3) is 11.8 Å². The first kappa shape index (κ1) is 58.3. The van der Waals surface area contributed by atoms with Crippen LogP contribution in [0.25, 0.3) is 0 Å². The van der Waals surface area contributed by atoms with Crippen molar-refractivity contribution in [2.45, 2.75) is 167 Å². The number of likely N-dealkylation sites (tertiary alicyclic amines) is 1. The van der Waals surface area contributed by atoms with E-state index in [1.54, 1.807) is 55.1 Å². The normalized spacial score (nSPS) is 21.8. The Morgan fingerprint density at radius 3 is 2.15 bits per heavy atom. The van der Waals surface area contributed by atoms with Gasteiger partial charge in [0.2, 0.25) is 35.4 Å². The molecular weight excluding hydrogens is 957 g/mol. The van der Waals surface area contributed by atoms with E-state index in [9.17, 15) is 38.4 Å². The zero-order valence-corrected chi connectivity index (χ0v) is 45.3. The van der Waals surface area contributed by atoms with Gasteiger partial charge < -0.3 is 45.9 Å². The number of carbonyl (C=O) groups excluding carboxylic acids is 8. The second-order valence-electron chi connectivity index (χ2n) is 21.4. The average Bonchev–Trinajstić information content (AvgIpc) is 4.24. The number of amides is 8. The second-order valence-corrected chi connectivity index (χ2v) is 21.4. The average molecular weight is 1040 g/mol. The number of rotatable bonds is 28. The predicted octanol–water partition coefficient (Wildman–Crippen LogP) is 4.66. The third kappa shape index (κ3) is 15.3. The fourth-order valence-corrected chi connectivity index (χ4v) is 11.4. The molecule has 0 aromatic heterocycles. The number of likely N-dealkylation sites (N-methyl/N-ethyl adjacent to an activating group) is 1. The van der Waals surface area contributed by atoms with Crippen molar-refractivity contribution in [3.8, 4) is 0 Å². The van der Waals surface area contributed by atoms with Crippen LogP contribution in [0.3, 0.4) is 0 Å². The summed E-state index contributed by atoms with van der Waals surface area (Å²) in [6, 6.07) is 13.9. The summed E-state index contributed by atoms with van der Waals surface area (Å²) in [5.74, 6) is -2.87. The van der Waals surface area contributed by atoms with Gasteiger partial charge in [0, 0.05) is 77.6 Å². The fraction of sp³-hybridized carbons (Fsp3) is 0.614.